The molecule has 3 N–H and O–H groups in total. The average Bonchev–Trinajstić information content (AvgIpc) is 2.35. The summed E-state index contributed by atoms with van der Waals surface area (Å²) in [6.07, 6.45) is 0.785. The predicted molar refractivity (Wildman–Crippen MR) is 66.8 cm³/mol. The maximum Gasteiger partial charge on any atom is 0.144 e. The highest BCUT2D eigenvalue weighted by Gasteiger charge is 2.09. The zero-order valence-corrected chi connectivity index (χ0v) is 10.5. The first-order valence-corrected chi connectivity index (χ1v) is 5.56. The van der Waals surface area contributed by atoms with Crippen molar-refractivity contribution in [3.63, 3.8) is 0 Å². The number of hydrogen-bond donors (Lipinski definition) is 2. The molecule has 0 aromatic carbocycles. The van der Waals surface area contributed by atoms with Gasteiger partial charge in [0.1, 0.15) is 5.84 Å². The summed E-state index contributed by atoms with van der Waals surface area (Å²) in [5.41, 5.74) is 5.23. The van der Waals surface area contributed by atoms with Crippen LogP contribution < -0.4 is 11.3 Å². The monoisotopic (exact) mass is 237 g/mol. The van der Waals surface area contributed by atoms with Crippen LogP contribution in [0, 0.1) is 6.92 Å². The second kappa shape index (κ2) is 6.93. The minimum Gasteiger partial charge on any atom is -0.383 e. The van der Waals surface area contributed by atoms with Crippen molar-refractivity contribution in [2.75, 3.05) is 20.3 Å². The number of ether oxygens (including phenoxy) is 1. The summed E-state index contributed by atoms with van der Waals surface area (Å²) in [7, 11) is 1.64. The molecule has 0 bridgehead atoms. The third kappa shape index (κ3) is 3.76. The zero-order valence-electron chi connectivity index (χ0n) is 10.5. The molecule has 0 radical (unpaired) electrons. The maximum atomic E-state index is 5.49. The Morgan fingerprint density at radius 2 is 2.29 bits per heavy atom. The van der Waals surface area contributed by atoms with E-state index in [1.807, 2.05) is 19.9 Å². The Labute approximate surface area is 101 Å². The van der Waals surface area contributed by atoms with E-state index < -0.39 is 0 Å². The summed E-state index contributed by atoms with van der Waals surface area (Å²) in [4.78, 5) is 4.34. The second-order valence-corrected chi connectivity index (χ2v) is 3.57. The lowest BCUT2D eigenvalue weighted by molar-refractivity contribution is 0.208. The molecule has 17 heavy (non-hydrogen) atoms. The molecule has 0 atom stereocenters. The number of aliphatic imine (C=N–C) groups is 1. The van der Waals surface area contributed by atoms with Crippen molar-refractivity contribution in [1.29, 1.82) is 0 Å². The molecule has 1 heterocycles. The summed E-state index contributed by atoms with van der Waals surface area (Å²) >= 11 is 0. The number of aromatic nitrogens is 2. The van der Waals surface area contributed by atoms with Crippen LogP contribution in [-0.4, -0.2) is 36.3 Å². The van der Waals surface area contributed by atoms with Gasteiger partial charge >= 0.3 is 0 Å². The highest BCUT2D eigenvalue weighted by Crippen LogP contribution is 2.07. The van der Waals surface area contributed by atoms with Crippen LogP contribution in [0.5, 0.6) is 0 Å². The van der Waals surface area contributed by atoms with E-state index in [4.69, 9.17) is 10.6 Å². The normalized spacial score (nSPS) is 11.6. The van der Waals surface area contributed by atoms with Crippen LogP contribution in [0.4, 0.5) is 0 Å². The van der Waals surface area contributed by atoms with Gasteiger partial charge in [0, 0.05) is 12.7 Å². The largest absolute Gasteiger partial charge is 0.383 e. The van der Waals surface area contributed by atoms with Crippen molar-refractivity contribution in [2.45, 2.75) is 20.3 Å². The van der Waals surface area contributed by atoms with Gasteiger partial charge in [-0.3, -0.25) is 4.99 Å². The van der Waals surface area contributed by atoms with E-state index in [1.165, 1.54) is 0 Å². The van der Waals surface area contributed by atoms with Gasteiger partial charge in [0.05, 0.1) is 24.5 Å². The first kappa shape index (κ1) is 13.5. The fraction of sp³-hybridized carbons (Fsp3) is 0.545. The molecule has 0 saturated heterocycles. The zero-order chi connectivity index (χ0) is 12.7. The molecule has 0 spiro atoms. The van der Waals surface area contributed by atoms with Crippen LogP contribution >= 0.6 is 0 Å². The van der Waals surface area contributed by atoms with Gasteiger partial charge in [-0.05, 0) is 19.4 Å². The topological polar surface area (TPSA) is 85.4 Å². The summed E-state index contributed by atoms with van der Waals surface area (Å²) in [5, 5.41) is 8.16. The number of aryl methyl sites for hydroxylation is 2. The van der Waals surface area contributed by atoms with Gasteiger partial charge in [0.25, 0.3) is 0 Å². The van der Waals surface area contributed by atoms with Crippen LogP contribution in [-0.2, 0) is 11.2 Å². The SMILES string of the molecule is CCc1nnc(C)cc1C(=NCCOC)NN. The number of methoxy groups -OCH3 is 1. The molecular formula is C11H19N5O. The third-order valence-corrected chi connectivity index (χ3v) is 2.28. The first-order chi connectivity index (χ1) is 8.22. The summed E-state index contributed by atoms with van der Waals surface area (Å²) in [6, 6.07) is 1.93. The van der Waals surface area contributed by atoms with Gasteiger partial charge in [0.15, 0.2) is 0 Å². The Balaban J connectivity index is 3.01. The van der Waals surface area contributed by atoms with Gasteiger partial charge in [-0.1, -0.05) is 6.92 Å². The van der Waals surface area contributed by atoms with Crippen LogP contribution in [0.25, 0.3) is 0 Å². The molecule has 0 aliphatic carbocycles. The van der Waals surface area contributed by atoms with Gasteiger partial charge in [-0.15, -0.1) is 0 Å². The van der Waals surface area contributed by atoms with E-state index >= 15 is 0 Å². The Morgan fingerprint density at radius 3 is 2.88 bits per heavy atom. The molecule has 0 amide bonds. The molecule has 0 aliphatic heterocycles. The lowest BCUT2D eigenvalue weighted by atomic mass is 10.1. The molecule has 6 nitrogen and oxygen atoms in total. The van der Waals surface area contributed by atoms with Gasteiger partial charge < -0.3 is 10.2 Å². The second-order valence-electron chi connectivity index (χ2n) is 3.57. The first-order valence-electron chi connectivity index (χ1n) is 5.56. The fourth-order valence-corrected chi connectivity index (χ4v) is 1.44. The summed E-state index contributed by atoms with van der Waals surface area (Å²) in [6.45, 7) is 5.02. The van der Waals surface area contributed by atoms with Crippen molar-refractivity contribution >= 4 is 5.84 Å². The summed E-state index contributed by atoms with van der Waals surface area (Å²) < 4.78 is 4.95. The number of nitrogens with zero attached hydrogens (tertiary/aromatic N) is 3. The maximum absolute atomic E-state index is 5.49. The molecule has 6 heteroatoms. The summed E-state index contributed by atoms with van der Waals surface area (Å²) in [5.74, 6) is 6.11. The fourth-order valence-electron chi connectivity index (χ4n) is 1.44. The van der Waals surface area contributed by atoms with E-state index in [2.05, 4.69) is 20.6 Å². The Hall–Kier alpha value is -1.53. The third-order valence-electron chi connectivity index (χ3n) is 2.28. The number of nitrogens with two attached hydrogens (primary N) is 1. The molecule has 94 valence electrons. The van der Waals surface area contributed by atoms with E-state index in [1.54, 1.807) is 7.11 Å². The molecule has 0 saturated carbocycles. The highest BCUT2D eigenvalue weighted by molar-refractivity contribution is 5.99. The number of amidine groups is 1. The average molecular weight is 237 g/mol. The molecule has 0 fully saturated rings. The van der Waals surface area contributed by atoms with E-state index in [0.29, 0.717) is 19.0 Å². The quantitative estimate of drug-likeness (QED) is 0.251. The van der Waals surface area contributed by atoms with Crippen LogP contribution in [0.15, 0.2) is 11.1 Å². The highest BCUT2D eigenvalue weighted by atomic mass is 16.5. The van der Waals surface area contributed by atoms with Gasteiger partial charge in [0.2, 0.25) is 0 Å². The van der Waals surface area contributed by atoms with E-state index in [9.17, 15) is 0 Å². The molecule has 0 aliphatic rings. The Morgan fingerprint density at radius 1 is 1.53 bits per heavy atom. The number of hydrogen-bond acceptors (Lipinski definition) is 5. The lowest BCUT2D eigenvalue weighted by Gasteiger charge is -2.10. The standard InChI is InChI=1S/C11H19N5O/c1-4-10-9(7-8(2)15-16-10)11(14-12)13-5-6-17-3/h7H,4-6,12H2,1-3H3,(H,13,14). The Bertz CT molecular complexity index is 391. The number of nitrogens with one attached hydrogen (secondary N) is 1. The molecule has 1 rings (SSSR count). The van der Waals surface area contributed by atoms with Crippen LogP contribution in [0.1, 0.15) is 23.9 Å². The van der Waals surface area contributed by atoms with Crippen molar-refractivity contribution in [3.8, 4) is 0 Å². The molecule has 0 unspecified atom stereocenters. The van der Waals surface area contributed by atoms with Crippen LogP contribution in [0.2, 0.25) is 0 Å². The minimum atomic E-state index is 0.556. The number of rotatable bonds is 5. The van der Waals surface area contributed by atoms with Crippen molar-refractivity contribution in [3.05, 3.63) is 23.0 Å². The van der Waals surface area contributed by atoms with Crippen molar-refractivity contribution < 1.29 is 4.74 Å². The van der Waals surface area contributed by atoms with E-state index in [0.717, 1.165) is 23.4 Å². The minimum absolute atomic E-state index is 0.556. The van der Waals surface area contributed by atoms with Gasteiger partial charge in [-0.2, -0.15) is 10.2 Å². The molecule has 1 aromatic heterocycles. The Kier molecular flexibility index (Phi) is 5.51. The molecular weight excluding hydrogens is 218 g/mol. The number of hydrazine groups is 1. The predicted octanol–water partition coefficient (Wildman–Crippen LogP) is 0.204. The van der Waals surface area contributed by atoms with Crippen molar-refractivity contribution in [2.24, 2.45) is 10.8 Å². The lowest BCUT2D eigenvalue weighted by Crippen LogP contribution is -2.33. The smallest absolute Gasteiger partial charge is 0.144 e. The van der Waals surface area contributed by atoms with Crippen LogP contribution in [0.3, 0.4) is 0 Å². The molecule has 1 aromatic rings. The van der Waals surface area contributed by atoms with E-state index in [-0.39, 0.29) is 0 Å². The van der Waals surface area contributed by atoms with Gasteiger partial charge in [-0.25, -0.2) is 5.84 Å². The van der Waals surface area contributed by atoms with Crippen molar-refractivity contribution in [1.82, 2.24) is 15.6 Å².